The Morgan fingerprint density at radius 3 is 1.61 bits per heavy atom. The molecule has 0 unspecified atom stereocenters. The maximum atomic E-state index is 7.89. The Labute approximate surface area is 284 Å². The zero-order valence-corrected chi connectivity index (χ0v) is 26.7. The Morgan fingerprint density at radius 1 is 0.469 bits per heavy atom. The van der Waals surface area contributed by atoms with Gasteiger partial charge in [-0.25, -0.2) is 0 Å². The van der Waals surface area contributed by atoms with Gasteiger partial charge in [-0.15, -0.1) is 0 Å². The van der Waals surface area contributed by atoms with Gasteiger partial charge in [0.05, 0.1) is 11.4 Å². The third kappa shape index (κ3) is 5.45. The lowest BCUT2D eigenvalue weighted by Gasteiger charge is -2.17. The van der Waals surface area contributed by atoms with E-state index in [0.717, 1.165) is 22.4 Å². The van der Waals surface area contributed by atoms with Crippen molar-refractivity contribution in [3.8, 4) is 22.3 Å². The summed E-state index contributed by atoms with van der Waals surface area (Å²) in [6.45, 7) is 0. The predicted octanol–water partition coefficient (Wildman–Crippen LogP) is 11.3. The van der Waals surface area contributed by atoms with Gasteiger partial charge in [0.25, 0.3) is 0 Å². The second-order valence-electron chi connectivity index (χ2n) is 12.2. The summed E-state index contributed by atoms with van der Waals surface area (Å²) in [7, 11) is 0. The van der Waals surface area contributed by atoms with Crippen molar-refractivity contribution in [3.05, 3.63) is 176 Å². The third-order valence-corrected chi connectivity index (χ3v) is 9.18. The van der Waals surface area contributed by atoms with Crippen molar-refractivity contribution in [3.63, 3.8) is 0 Å². The number of nitrogens with one attached hydrogen (secondary N) is 2. The van der Waals surface area contributed by atoms with Crippen molar-refractivity contribution < 1.29 is 0 Å². The number of nitrogens with two attached hydrogens (primary N) is 1. The maximum Gasteiger partial charge on any atom is 0.0795 e. The molecule has 0 saturated heterocycles. The number of nitrogen functional groups attached to an aromatic ring is 1. The van der Waals surface area contributed by atoms with Crippen LogP contribution in [0, 0.1) is 10.8 Å². The molecule has 0 bridgehead atoms. The molecule has 0 saturated carbocycles. The molecule has 0 amide bonds. The molecule has 0 aliphatic heterocycles. The minimum atomic E-state index is 0.258. The third-order valence-electron chi connectivity index (χ3n) is 9.18. The molecule has 1 aliphatic carbocycles. The first kappa shape index (κ1) is 29.7. The predicted molar refractivity (Wildman–Crippen MR) is 209 cm³/mol. The van der Waals surface area contributed by atoms with Gasteiger partial charge in [-0.1, -0.05) is 121 Å². The second-order valence-corrected chi connectivity index (χ2v) is 12.2. The largest absolute Gasteiger partial charge is 0.399 e. The summed E-state index contributed by atoms with van der Waals surface area (Å²) in [5.41, 5.74) is 14.1. The van der Waals surface area contributed by atoms with Crippen LogP contribution in [0.1, 0.15) is 5.56 Å². The fourth-order valence-electron chi connectivity index (χ4n) is 6.92. The Kier molecular flexibility index (Phi) is 7.59. The van der Waals surface area contributed by atoms with E-state index < -0.39 is 0 Å². The van der Waals surface area contributed by atoms with Gasteiger partial charge in [-0.2, -0.15) is 0 Å². The fourth-order valence-corrected chi connectivity index (χ4v) is 6.92. The summed E-state index contributed by atoms with van der Waals surface area (Å²) < 4.78 is 0. The first-order valence-corrected chi connectivity index (χ1v) is 16.2. The topological polar surface area (TPSA) is 86.6 Å². The van der Waals surface area contributed by atoms with Crippen molar-refractivity contribution in [2.45, 2.75) is 0 Å². The first-order valence-electron chi connectivity index (χ1n) is 16.2. The van der Waals surface area contributed by atoms with E-state index in [-0.39, 0.29) is 11.4 Å². The van der Waals surface area contributed by atoms with Gasteiger partial charge in [0.2, 0.25) is 0 Å². The number of pyridine rings is 1. The maximum absolute atomic E-state index is 7.89. The number of hydrogen-bond acceptors (Lipinski definition) is 4. The highest BCUT2D eigenvalue weighted by Crippen LogP contribution is 2.43. The summed E-state index contributed by atoms with van der Waals surface area (Å²) >= 11 is 0. The van der Waals surface area contributed by atoms with E-state index in [1.807, 2.05) is 48.8 Å². The van der Waals surface area contributed by atoms with Gasteiger partial charge < -0.3 is 5.73 Å². The molecule has 0 fully saturated rings. The minimum absolute atomic E-state index is 0.258. The zero-order chi connectivity index (χ0) is 33.3. The van der Waals surface area contributed by atoms with Crippen LogP contribution in [0.25, 0.3) is 70.9 Å². The highest BCUT2D eigenvalue weighted by Gasteiger charge is 2.16. The van der Waals surface area contributed by atoms with Crippen molar-refractivity contribution in [1.82, 2.24) is 4.98 Å². The van der Waals surface area contributed by atoms with Crippen LogP contribution in [-0.2, 0) is 0 Å². The molecule has 1 aliphatic rings. The van der Waals surface area contributed by atoms with Crippen LogP contribution in [0.2, 0.25) is 0 Å². The lowest BCUT2D eigenvalue weighted by Crippen LogP contribution is -2.09. The molecule has 0 atom stereocenters. The molecule has 0 spiro atoms. The monoisotopic (exact) mass is 628 g/mol. The molecular weight excluding hydrogens is 597 g/mol. The minimum Gasteiger partial charge on any atom is -0.399 e. The molecular formula is C45H32N4. The van der Waals surface area contributed by atoms with E-state index in [1.165, 1.54) is 59.8 Å². The molecule has 9 rings (SSSR count). The fraction of sp³-hybridized carbons (Fsp3) is 0. The number of nitrogens with zero attached hydrogens (tertiary/aromatic N) is 1. The van der Waals surface area contributed by atoms with E-state index in [2.05, 4.69) is 114 Å². The van der Waals surface area contributed by atoms with Crippen molar-refractivity contribution in [2.24, 2.45) is 0 Å². The highest BCUT2D eigenvalue weighted by molar-refractivity contribution is 6.50. The smallest absolute Gasteiger partial charge is 0.0795 e. The number of benzene rings is 7. The van der Waals surface area contributed by atoms with Crippen molar-refractivity contribution >= 4 is 65.8 Å². The normalized spacial score (nSPS) is 12.7. The van der Waals surface area contributed by atoms with Crippen LogP contribution in [0.3, 0.4) is 0 Å². The van der Waals surface area contributed by atoms with E-state index in [0.29, 0.717) is 0 Å². The summed E-state index contributed by atoms with van der Waals surface area (Å²) in [5, 5.41) is 25.3. The number of anilines is 1. The van der Waals surface area contributed by atoms with Crippen molar-refractivity contribution in [1.29, 1.82) is 10.8 Å². The van der Waals surface area contributed by atoms with Gasteiger partial charge in [-0.05, 0) is 107 Å². The molecule has 4 nitrogen and oxygen atoms in total. The van der Waals surface area contributed by atoms with Crippen molar-refractivity contribution in [2.75, 3.05) is 5.73 Å². The van der Waals surface area contributed by atoms with Crippen LogP contribution >= 0.6 is 0 Å². The number of allylic oxidation sites excluding steroid dienone is 4. The molecule has 8 aromatic rings. The molecule has 49 heavy (non-hydrogen) atoms. The number of fused-ring (bicyclic) bond motifs is 5. The summed E-state index contributed by atoms with van der Waals surface area (Å²) in [5.74, 6) is 0. The van der Waals surface area contributed by atoms with Gasteiger partial charge in [0.1, 0.15) is 0 Å². The van der Waals surface area contributed by atoms with Crippen LogP contribution in [0.5, 0.6) is 0 Å². The Balaban J connectivity index is 0.000000145. The van der Waals surface area contributed by atoms with Gasteiger partial charge in [0, 0.05) is 23.6 Å². The number of hydrogen-bond donors (Lipinski definition) is 3. The van der Waals surface area contributed by atoms with Crippen LogP contribution in [0.4, 0.5) is 5.69 Å². The first-order chi connectivity index (χ1) is 24.1. The molecule has 232 valence electrons. The zero-order valence-electron chi connectivity index (χ0n) is 26.7. The average molecular weight is 629 g/mol. The standard InChI is InChI=1S/C25H18N2.C20H14N2/c26-19-13-11-17(12-14-19)24-20-7-1-3-9-22(20)25(18-6-5-15-27-16-18)23-10-4-2-8-21(23)24;21-19-10-9-14(12-20(19)22)18-11-13-5-1-2-6-15(13)16-7-3-4-8-17(16)18/h1-16H,26H2;1-12,21-22H. The van der Waals surface area contributed by atoms with Gasteiger partial charge in [-0.3, -0.25) is 15.8 Å². The molecule has 1 aromatic heterocycles. The lowest BCUT2D eigenvalue weighted by molar-refractivity contribution is 1.33. The van der Waals surface area contributed by atoms with E-state index in [9.17, 15) is 0 Å². The van der Waals surface area contributed by atoms with Gasteiger partial charge >= 0.3 is 0 Å². The summed E-state index contributed by atoms with van der Waals surface area (Å²) in [6, 6.07) is 48.4. The van der Waals surface area contributed by atoms with Crippen LogP contribution < -0.4 is 5.73 Å². The lowest BCUT2D eigenvalue weighted by atomic mass is 9.86. The Bertz CT molecular complexity index is 2570. The molecule has 7 aromatic carbocycles. The quantitative estimate of drug-likeness (QED) is 0.0787. The number of aromatic nitrogens is 1. The summed E-state index contributed by atoms with van der Waals surface area (Å²) in [6.07, 6.45) is 9.16. The molecule has 4 heteroatoms. The second kappa shape index (κ2) is 12.5. The summed E-state index contributed by atoms with van der Waals surface area (Å²) in [4.78, 5) is 4.35. The van der Waals surface area contributed by atoms with E-state index >= 15 is 0 Å². The van der Waals surface area contributed by atoms with Crippen LogP contribution in [-0.4, -0.2) is 16.4 Å². The molecule has 0 radical (unpaired) electrons. The molecule has 1 heterocycles. The Morgan fingerprint density at radius 2 is 1.02 bits per heavy atom. The SMILES string of the molecule is N=C1C=CC(c2cc3ccccc3c3ccccc23)=CC1=N.Nc1ccc(-c2c3ccccc3c(-c3cccnc3)c3ccccc23)cc1. The highest BCUT2D eigenvalue weighted by atomic mass is 14.6. The van der Waals surface area contributed by atoms with Crippen LogP contribution in [0.15, 0.2) is 170 Å². The van der Waals surface area contributed by atoms with E-state index in [4.69, 9.17) is 16.6 Å². The van der Waals surface area contributed by atoms with E-state index in [1.54, 1.807) is 12.2 Å². The average Bonchev–Trinajstić information content (AvgIpc) is 3.16. The number of rotatable bonds is 3. The molecule has 4 N–H and O–H groups in total. The Hall–Kier alpha value is -6.65. The van der Waals surface area contributed by atoms with Gasteiger partial charge in [0.15, 0.2) is 0 Å².